The van der Waals surface area contributed by atoms with Gasteiger partial charge < -0.3 is 10.1 Å². The van der Waals surface area contributed by atoms with E-state index >= 15 is 0 Å². The number of anilines is 2. The van der Waals surface area contributed by atoms with Crippen LogP contribution in [0.3, 0.4) is 0 Å². The van der Waals surface area contributed by atoms with Crippen LogP contribution in [-0.2, 0) is 4.74 Å². The number of carbonyl (C=O) groups is 1. The van der Waals surface area contributed by atoms with Gasteiger partial charge >= 0.3 is 5.97 Å². The summed E-state index contributed by atoms with van der Waals surface area (Å²) in [5.41, 5.74) is 1.94. The van der Waals surface area contributed by atoms with Crippen molar-refractivity contribution in [2.24, 2.45) is 0 Å². The lowest BCUT2D eigenvalue weighted by molar-refractivity contribution is 0.0526. The Kier molecular flexibility index (Phi) is 4.36. The van der Waals surface area contributed by atoms with Gasteiger partial charge in [-0.3, -0.25) is 4.98 Å². The maximum atomic E-state index is 11.6. The van der Waals surface area contributed by atoms with Crippen molar-refractivity contribution in [3.05, 3.63) is 53.3 Å². The maximum Gasteiger partial charge on any atom is 0.339 e. The summed E-state index contributed by atoms with van der Waals surface area (Å²) < 4.78 is 4.92. The number of hydrogen-bond acceptors (Lipinski definition) is 4. The number of pyridine rings is 1. The van der Waals surface area contributed by atoms with Crippen molar-refractivity contribution in [3.63, 3.8) is 0 Å². The van der Waals surface area contributed by atoms with E-state index in [2.05, 4.69) is 10.3 Å². The Morgan fingerprint density at radius 3 is 2.89 bits per heavy atom. The number of nitrogens with one attached hydrogen (secondary N) is 1. The number of benzene rings is 1. The molecule has 0 fully saturated rings. The molecule has 0 aliphatic heterocycles. The first kappa shape index (κ1) is 13.4. The van der Waals surface area contributed by atoms with Gasteiger partial charge in [-0.25, -0.2) is 4.79 Å². The van der Waals surface area contributed by atoms with Crippen molar-refractivity contribution < 1.29 is 9.53 Å². The van der Waals surface area contributed by atoms with Crippen molar-refractivity contribution in [1.29, 1.82) is 0 Å². The largest absolute Gasteiger partial charge is 0.462 e. The predicted molar refractivity (Wildman–Crippen MR) is 74.9 cm³/mol. The first-order chi connectivity index (χ1) is 9.19. The highest BCUT2D eigenvalue weighted by atomic mass is 35.5. The van der Waals surface area contributed by atoms with Gasteiger partial charge in [-0.15, -0.1) is 0 Å². The van der Waals surface area contributed by atoms with Gasteiger partial charge in [0.25, 0.3) is 0 Å². The van der Waals surface area contributed by atoms with Crippen molar-refractivity contribution >= 4 is 28.9 Å². The van der Waals surface area contributed by atoms with Crippen LogP contribution in [0.15, 0.2) is 42.7 Å². The second-order valence-electron chi connectivity index (χ2n) is 3.82. The van der Waals surface area contributed by atoms with Gasteiger partial charge in [0, 0.05) is 16.9 Å². The number of rotatable bonds is 4. The summed E-state index contributed by atoms with van der Waals surface area (Å²) in [7, 11) is 0. The molecule has 0 spiro atoms. The summed E-state index contributed by atoms with van der Waals surface area (Å²) in [6.07, 6.45) is 3.10. The van der Waals surface area contributed by atoms with Gasteiger partial charge in [-0.05, 0) is 31.2 Å². The van der Waals surface area contributed by atoms with E-state index in [0.717, 1.165) is 5.69 Å². The molecule has 0 radical (unpaired) electrons. The van der Waals surface area contributed by atoms with Crippen LogP contribution in [0.5, 0.6) is 0 Å². The summed E-state index contributed by atoms with van der Waals surface area (Å²) in [6.45, 7) is 2.10. The molecule has 4 nitrogen and oxygen atoms in total. The molecule has 1 aromatic heterocycles. The second-order valence-corrected chi connectivity index (χ2v) is 4.25. The lowest BCUT2D eigenvalue weighted by atomic mass is 10.2. The number of halogens is 1. The van der Waals surface area contributed by atoms with E-state index in [1.54, 1.807) is 31.3 Å². The van der Waals surface area contributed by atoms with Gasteiger partial charge in [-0.1, -0.05) is 17.7 Å². The van der Waals surface area contributed by atoms with E-state index in [1.165, 1.54) is 6.20 Å². The zero-order valence-corrected chi connectivity index (χ0v) is 11.1. The Balaban J connectivity index is 2.17. The van der Waals surface area contributed by atoms with Gasteiger partial charge in [0.15, 0.2) is 0 Å². The monoisotopic (exact) mass is 276 g/mol. The highest BCUT2D eigenvalue weighted by Gasteiger charge is 2.07. The van der Waals surface area contributed by atoms with Gasteiger partial charge in [-0.2, -0.15) is 0 Å². The number of ether oxygens (including phenoxy) is 1. The minimum atomic E-state index is -0.384. The van der Waals surface area contributed by atoms with Crippen LogP contribution < -0.4 is 5.32 Å². The fraction of sp³-hybridized carbons (Fsp3) is 0.143. The molecule has 1 aromatic carbocycles. The number of nitrogens with zero attached hydrogens (tertiary/aromatic N) is 1. The normalized spacial score (nSPS) is 10.0. The summed E-state index contributed by atoms with van der Waals surface area (Å²) in [4.78, 5) is 15.6. The lowest BCUT2D eigenvalue weighted by Crippen LogP contribution is -2.05. The van der Waals surface area contributed by atoms with Crippen molar-refractivity contribution in [1.82, 2.24) is 4.98 Å². The average molecular weight is 277 g/mol. The molecule has 98 valence electrons. The standard InChI is InChI=1S/C14H13ClN2O2/c1-2-19-14(18)10-6-13(9-16-8-10)17-12-5-3-4-11(15)7-12/h3-9,17H,2H2,1H3. The molecular formula is C14H13ClN2O2. The van der Waals surface area contributed by atoms with Crippen molar-refractivity contribution in [2.75, 3.05) is 11.9 Å². The molecule has 0 saturated carbocycles. The summed E-state index contributed by atoms with van der Waals surface area (Å²) in [6, 6.07) is 8.99. The minimum absolute atomic E-state index is 0.338. The quantitative estimate of drug-likeness (QED) is 0.866. The van der Waals surface area contributed by atoms with Crippen LogP contribution in [-0.4, -0.2) is 17.6 Å². The zero-order chi connectivity index (χ0) is 13.7. The van der Waals surface area contributed by atoms with Crippen LogP contribution >= 0.6 is 11.6 Å². The smallest absolute Gasteiger partial charge is 0.339 e. The molecule has 0 atom stereocenters. The predicted octanol–water partition coefficient (Wildman–Crippen LogP) is 3.66. The Labute approximate surface area is 116 Å². The third-order valence-electron chi connectivity index (χ3n) is 2.36. The second kappa shape index (κ2) is 6.20. The average Bonchev–Trinajstić information content (AvgIpc) is 2.39. The Bertz CT molecular complexity index is 587. The molecule has 1 N–H and O–H groups in total. The van der Waals surface area contributed by atoms with Gasteiger partial charge in [0.05, 0.1) is 24.1 Å². The van der Waals surface area contributed by atoms with Crippen LogP contribution in [0.4, 0.5) is 11.4 Å². The molecule has 19 heavy (non-hydrogen) atoms. The summed E-state index contributed by atoms with van der Waals surface area (Å²) in [5, 5.41) is 3.77. The fourth-order valence-electron chi connectivity index (χ4n) is 1.57. The summed E-state index contributed by atoms with van der Waals surface area (Å²) in [5.74, 6) is -0.384. The molecule has 5 heteroatoms. The third-order valence-corrected chi connectivity index (χ3v) is 2.60. The molecule has 1 heterocycles. The van der Waals surface area contributed by atoms with E-state index in [9.17, 15) is 4.79 Å². The highest BCUT2D eigenvalue weighted by Crippen LogP contribution is 2.20. The SMILES string of the molecule is CCOC(=O)c1cncc(Nc2cccc(Cl)c2)c1. The van der Waals surface area contributed by atoms with Crippen molar-refractivity contribution in [3.8, 4) is 0 Å². The highest BCUT2D eigenvalue weighted by molar-refractivity contribution is 6.30. The topological polar surface area (TPSA) is 51.2 Å². The van der Waals surface area contributed by atoms with Crippen LogP contribution in [0.2, 0.25) is 5.02 Å². The Hall–Kier alpha value is -2.07. The first-order valence-corrected chi connectivity index (χ1v) is 6.21. The van der Waals surface area contributed by atoms with E-state index < -0.39 is 0 Å². The van der Waals surface area contributed by atoms with Crippen molar-refractivity contribution in [2.45, 2.75) is 6.92 Å². The molecule has 0 aliphatic rings. The first-order valence-electron chi connectivity index (χ1n) is 5.84. The van der Waals surface area contributed by atoms with Gasteiger partial charge in [0.1, 0.15) is 0 Å². The molecule has 0 aliphatic carbocycles. The Morgan fingerprint density at radius 2 is 2.16 bits per heavy atom. The number of carbonyl (C=O) groups excluding carboxylic acids is 1. The van der Waals surface area contributed by atoms with E-state index in [0.29, 0.717) is 22.9 Å². The molecule has 0 bridgehead atoms. The van der Waals surface area contributed by atoms with Crippen LogP contribution in [0.1, 0.15) is 17.3 Å². The minimum Gasteiger partial charge on any atom is -0.462 e. The lowest BCUT2D eigenvalue weighted by Gasteiger charge is -2.07. The molecule has 2 aromatic rings. The van der Waals surface area contributed by atoms with Crippen LogP contribution in [0.25, 0.3) is 0 Å². The van der Waals surface area contributed by atoms with Crippen LogP contribution in [0, 0.1) is 0 Å². The zero-order valence-electron chi connectivity index (χ0n) is 10.4. The molecule has 2 rings (SSSR count). The molecular weight excluding hydrogens is 264 g/mol. The molecule has 0 unspecified atom stereocenters. The maximum absolute atomic E-state index is 11.6. The fourth-order valence-corrected chi connectivity index (χ4v) is 1.76. The molecule has 0 amide bonds. The number of hydrogen-bond donors (Lipinski definition) is 1. The third kappa shape index (κ3) is 3.69. The molecule has 0 saturated heterocycles. The van der Waals surface area contributed by atoms with E-state index in [1.807, 2.05) is 12.1 Å². The van der Waals surface area contributed by atoms with E-state index in [-0.39, 0.29) is 5.97 Å². The summed E-state index contributed by atoms with van der Waals surface area (Å²) >= 11 is 5.90. The Morgan fingerprint density at radius 1 is 1.32 bits per heavy atom. The number of aromatic nitrogens is 1. The van der Waals surface area contributed by atoms with E-state index in [4.69, 9.17) is 16.3 Å². The number of esters is 1. The van der Waals surface area contributed by atoms with Gasteiger partial charge in [0.2, 0.25) is 0 Å².